The van der Waals surface area contributed by atoms with Crippen LogP contribution in [-0.4, -0.2) is 48.2 Å². The molecule has 27 heavy (non-hydrogen) atoms. The van der Waals surface area contributed by atoms with E-state index in [-0.39, 0.29) is 17.5 Å². The van der Waals surface area contributed by atoms with Crippen LogP contribution in [0.4, 0.5) is 5.69 Å². The van der Waals surface area contributed by atoms with Gasteiger partial charge in [-0.1, -0.05) is 0 Å². The maximum absolute atomic E-state index is 13.0. The smallest absolute Gasteiger partial charge is 0.241 e. The van der Waals surface area contributed by atoms with E-state index in [1.165, 1.54) is 5.69 Å². The van der Waals surface area contributed by atoms with Crippen molar-refractivity contribution < 1.29 is 9.53 Å². The van der Waals surface area contributed by atoms with Crippen molar-refractivity contribution in [1.82, 2.24) is 20.3 Å². The molecule has 4 heterocycles. The summed E-state index contributed by atoms with van der Waals surface area (Å²) >= 11 is 0. The number of hydrazine groups is 1. The van der Waals surface area contributed by atoms with Gasteiger partial charge in [0.25, 0.3) is 0 Å². The van der Waals surface area contributed by atoms with Crippen molar-refractivity contribution in [1.29, 1.82) is 0 Å². The van der Waals surface area contributed by atoms with E-state index in [1.54, 1.807) is 7.11 Å². The molecule has 0 radical (unpaired) electrons. The van der Waals surface area contributed by atoms with Crippen LogP contribution in [0.15, 0.2) is 36.5 Å². The lowest BCUT2D eigenvalue weighted by atomic mass is 9.83. The van der Waals surface area contributed by atoms with Crippen LogP contribution in [0, 0.1) is 0 Å². The topological polar surface area (TPSA) is 70.6 Å². The number of hydrogen-bond acceptors (Lipinski definition) is 5. The normalized spacial score (nSPS) is 26.4. The predicted molar refractivity (Wildman–Crippen MR) is 103 cm³/mol. The van der Waals surface area contributed by atoms with Crippen molar-refractivity contribution in [3.05, 3.63) is 42.2 Å². The van der Waals surface area contributed by atoms with E-state index in [0.29, 0.717) is 6.54 Å². The summed E-state index contributed by atoms with van der Waals surface area (Å²) in [6, 6.07) is 10.2. The number of piperidine rings is 1. The molecule has 2 aromatic rings. The highest BCUT2D eigenvalue weighted by molar-refractivity contribution is 5.82. The molecular formula is C20H25N5O2. The lowest BCUT2D eigenvalue weighted by molar-refractivity contribution is -0.135. The first-order valence-corrected chi connectivity index (χ1v) is 9.62. The van der Waals surface area contributed by atoms with Gasteiger partial charge in [0.05, 0.1) is 29.7 Å². The second-order valence-corrected chi connectivity index (χ2v) is 7.63. The fourth-order valence-corrected chi connectivity index (χ4v) is 4.70. The number of anilines is 1. The van der Waals surface area contributed by atoms with E-state index in [4.69, 9.17) is 4.74 Å². The van der Waals surface area contributed by atoms with Crippen molar-refractivity contribution in [3.63, 3.8) is 0 Å². The minimum atomic E-state index is -0.275. The van der Waals surface area contributed by atoms with Crippen LogP contribution < -0.4 is 20.9 Å². The third-order valence-electron chi connectivity index (χ3n) is 6.01. The number of fused-ring (bicyclic) bond motifs is 4. The molecule has 1 aromatic carbocycles. The molecule has 3 aliphatic rings. The Hall–Kier alpha value is -2.51. The predicted octanol–water partition coefficient (Wildman–Crippen LogP) is 1.60. The molecule has 1 aromatic heterocycles. The van der Waals surface area contributed by atoms with E-state index >= 15 is 0 Å². The maximum atomic E-state index is 13.0. The molecule has 1 amide bonds. The van der Waals surface area contributed by atoms with Crippen LogP contribution in [0.25, 0.3) is 5.69 Å². The summed E-state index contributed by atoms with van der Waals surface area (Å²) < 4.78 is 7.67. The zero-order valence-corrected chi connectivity index (χ0v) is 15.5. The van der Waals surface area contributed by atoms with E-state index < -0.39 is 0 Å². The van der Waals surface area contributed by atoms with Gasteiger partial charge >= 0.3 is 0 Å². The van der Waals surface area contributed by atoms with Crippen LogP contribution in [0.2, 0.25) is 0 Å². The van der Waals surface area contributed by atoms with Gasteiger partial charge in [-0.2, -0.15) is 0 Å². The monoisotopic (exact) mass is 367 g/mol. The first-order chi connectivity index (χ1) is 13.2. The molecule has 0 aliphatic carbocycles. The Bertz CT molecular complexity index is 873. The van der Waals surface area contributed by atoms with Gasteiger partial charge in [0.2, 0.25) is 5.91 Å². The molecule has 5 rings (SSSR count). The zero-order valence-electron chi connectivity index (χ0n) is 15.5. The van der Waals surface area contributed by atoms with E-state index in [1.807, 2.05) is 17.0 Å². The highest BCUT2D eigenvalue weighted by atomic mass is 16.5. The van der Waals surface area contributed by atoms with Crippen molar-refractivity contribution in [3.8, 4) is 11.4 Å². The molecule has 1 spiro atoms. The lowest BCUT2D eigenvalue weighted by Crippen LogP contribution is -2.57. The Morgan fingerprint density at radius 3 is 3.07 bits per heavy atom. The van der Waals surface area contributed by atoms with Crippen LogP contribution >= 0.6 is 0 Å². The maximum Gasteiger partial charge on any atom is 0.241 e. The fourth-order valence-electron chi connectivity index (χ4n) is 4.70. The standard InChI is InChI=1S/C20H25N5O2/c1-27-14-5-6-17-16(12-14)22-20(18-4-2-11-25(17)18)8-3-10-24(13-20)19(26)15-7-9-21-23-15/h2,4-6,11-12,15,21-23H,3,7-10,13H2,1H3. The Labute approximate surface area is 158 Å². The minimum Gasteiger partial charge on any atom is -0.497 e. The SMILES string of the molecule is COc1ccc2c(c1)NC1(CCCN(C(=O)C3CCNN3)C1)c1cccn1-2. The van der Waals surface area contributed by atoms with Gasteiger partial charge in [0.15, 0.2) is 0 Å². The molecule has 7 heteroatoms. The van der Waals surface area contributed by atoms with Gasteiger partial charge in [0.1, 0.15) is 11.8 Å². The van der Waals surface area contributed by atoms with Crippen LogP contribution in [0.3, 0.4) is 0 Å². The molecule has 0 saturated carbocycles. The molecule has 7 nitrogen and oxygen atoms in total. The second-order valence-electron chi connectivity index (χ2n) is 7.63. The largest absolute Gasteiger partial charge is 0.497 e. The molecule has 0 bridgehead atoms. The fraction of sp³-hybridized carbons (Fsp3) is 0.450. The molecule has 2 atom stereocenters. The second kappa shape index (κ2) is 6.28. The van der Waals surface area contributed by atoms with E-state index in [2.05, 4.69) is 45.1 Å². The Balaban J connectivity index is 1.51. The third kappa shape index (κ3) is 2.61. The lowest BCUT2D eigenvalue weighted by Gasteiger charge is -2.47. The van der Waals surface area contributed by atoms with Crippen LogP contribution in [0.1, 0.15) is 25.0 Å². The van der Waals surface area contributed by atoms with Crippen molar-refractivity contribution in [2.75, 3.05) is 32.1 Å². The molecule has 2 saturated heterocycles. The third-order valence-corrected chi connectivity index (χ3v) is 6.01. The number of carbonyl (C=O) groups excluding carboxylic acids is 1. The summed E-state index contributed by atoms with van der Waals surface area (Å²) in [5, 5.41) is 3.77. The number of methoxy groups -OCH3 is 1. The molecule has 3 aliphatic heterocycles. The van der Waals surface area contributed by atoms with Crippen molar-refractivity contribution >= 4 is 11.6 Å². The first kappa shape index (κ1) is 16.6. The average Bonchev–Trinajstić information content (AvgIpc) is 3.39. The Kier molecular flexibility index (Phi) is 3.87. The van der Waals surface area contributed by atoms with Crippen molar-refractivity contribution in [2.45, 2.75) is 30.8 Å². The van der Waals surface area contributed by atoms with Crippen molar-refractivity contribution in [2.24, 2.45) is 0 Å². The number of nitrogens with one attached hydrogen (secondary N) is 3. The number of carbonyl (C=O) groups is 1. The summed E-state index contributed by atoms with van der Waals surface area (Å²) in [6.45, 7) is 2.32. The molecule has 142 valence electrons. The summed E-state index contributed by atoms with van der Waals surface area (Å²) in [7, 11) is 1.69. The number of aromatic nitrogens is 1. The molecular weight excluding hydrogens is 342 g/mol. The number of likely N-dealkylation sites (tertiary alicyclic amines) is 1. The minimum absolute atomic E-state index is 0.122. The zero-order chi connectivity index (χ0) is 18.4. The van der Waals surface area contributed by atoms with Gasteiger partial charge < -0.3 is 19.5 Å². The van der Waals surface area contributed by atoms with E-state index in [9.17, 15) is 4.79 Å². The molecule has 3 N–H and O–H groups in total. The number of benzene rings is 1. The first-order valence-electron chi connectivity index (χ1n) is 9.62. The Morgan fingerprint density at radius 1 is 1.33 bits per heavy atom. The number of hydrogen-bond donors (Lipinski definition) is 3. The van der Waals surface area contributed by atoms with Gasteiger partial charge in [0, 0.05) is 31.9 Å². The molecule has 2 unspecified atom stereocenters. The summed E-state index contributed by atoms with van der Waals surface area (Å²) in [5.74, 6) is 1.02. The van der Waals surface area contributed by atoms with E-state index in [0.717, 1.165) is 49.5 Å². The number of rotatable bonds is 2. The Morgan fingerprint density at radius 2 is 2.26 bits per heavy atom. The highest BCUT2D eigenvalue weighted by Crippen LogP contribution is 2.43. The van der Waals surface area contributed by atoms with Gasteiger partial charge in [-0.15, -0.1) is 0 Å². The summed E-state index contributed by atoms with van der Waals surface area (Å²) in [4.78, 5) is 15.0. The highest BCUT2D eigenvalue weighted by Gasteiger charge is 2.44. The van der Waals surface area contributed by atoms with Gasteiger partial charge in [-0.05, 0) is 43.5 Å². The number of ether oxygens (including phenoxy) is 1. The average molecular weight is 367 g/mol. The number of amides is 1. The number of nitrogens with zero attached hydrogens (tertiary/aromatic N) is 2. The quantitative estimate of drug-likeness (QED) is 0.752. The summed E-state index contributed by atoms with van der Waals surface area (Å²) in [6.07, 6.45) is 4.91. The van der Waals surface area contributed by atoms with Crippen LogP contribution in [0.5, 0.6) is 5.75 Å². The molecule has 2 fully saturated rings. The van der Waals surface area contributed by atoms with Gasteiger partial charge in [-0.3, -0.25) is 10.2 Å². The van der Waals surface area contributed by atoms with Crippen LogP contribution in [-0.2, 0) is 10.3 Å². The summed E-state index contributed by atoms with van der Waals surface area (Å²) in [5.41, 5.74) is 9.28. The van der Waals surface area contributed by atoms with Gasteiger partial charge in [-0.25, -0.2) is 5.43 Å².